The quantitative estimate of drug-likeness (QED) is 0.897. The lowest BCUT2D eigenvalue weighted by Crippen LogP contribution is -2.12. The van der Waals surface area contributed by atoms with E-state index < -0.39 is 0 Å². The highest BCUT2D eigenvalue weighted by Crippen LogP contribution is 2.27. The molecule has 0 atom stereocenters. The number of hydrogen-bond acceptors (Lipinski definition) is 5. The number of hydrogen-bond donors (Lipinski definition) is 1. The lowest BCUT2D eigenvalue weighted by atomic mass is 9.98. The molecule has 0 saturated carbocycles. The molecule has 0 unspecified atom stereocenters. The maximum atomic E-state index is 5.70. The number of anilines is 1. The predicted molar refractivity (Wildman–Crippen MR) is 88.1 cm³/mol. The average molecular weight is 305 g/mol. The third-order valence-corrected chi connectivity index (χ3v) is 4.09. The van der Waals surface area contributed by atoms with Crippen LogP contribution in [0.3, 0.4) is 0 Å². The number of nitrogens with zero attached hydrogens (tertiary/aromatic N) is 2. The summed E-state index contributed by atoms with van der Waals surface area (Å²) in [7, 11) is 0. The number of rotatable bonds is 5. The van der Waals surface area contributed by atoms with Crippen LogP contribution in [0.1, 0.15) is 45.3 Å². The summed E-state index contributed by atoms with van der Waals surface area (Å²) in [6.07, 6.45) is 1.84. The van der Waals surface area contributed by atoms with Crippen LogP contribution in [0.15, 0.2) is 23.7 Å². The van der Waals surface area contributed by atoms with Gasteiger partial charge in [-0.3, -0.25) is 0 Å². The van der Waals surface area contributed by atoms with Crippen molar-refractivity contribution in [2.24, 2.45) is 0 Å². The van der Waals surface area contributed by atoms with Crippen LogP contribution in [0.5, 0.6) is 5.88 Å². The van der Waals surface area contributed by atoms with E-state index in [0.717, 1.165) is 16.4 Å². The fraction of sp³-hybridized carbons (Fsp3) is 0.500. The molecule has 0 radical (unpaired) electrons. The Morgan fingerprint density at radius 1 is 1.33 bits per heavy atom. The zero-order chi connectivity index (χ0) is 15.5. The molecule has 2 aromatic heterocycles. The topological polar surface area (TPSA) is 47.0 Å². The van der Waals surface area contributed by atoms with E-state index in [9.17, 15) is 0 Å². The second kappa shape index (κ2) is 6.43. The van der Waals surface area contributed by atoms with E-state index in [1.165, 1.54) is 0 Å². The first-order chi connectivity index (χ1) is 9.86. The van der Waals surface area contributed by atoms with Crippen molar-refractivity contribution >= 4 is 17.0 Å². The third-order valence-electron chi connectivity index (χ3n) is 2.77. The molecule has 0 bridgehead atoms. The fourth-order valence-corrected chi connectivity index (χ4v) is 2.67. The number of nitrogens with one attached hydrogen (secondary N) is 1. The van der Waals surface area contributed by atoms with Gasteiger partial charge < -0.3 is 10.1 Å². The van der Waals surface area contributed by atoms with Crippen LogP contribution in [0.2, 0.25) is 0 Å². The van der Waals surface area contributed by atoms with Crippen molar-refractivity contribution in [3.63, 3.8) is 0 Å². The zero-order valence-electron chi connectivity index (χ0n) is 13.3. The van der Waals surface area contributed by atoms with E-state index in [0.29, 0.717) is 12.4 Å². The molecule has 2 rings (SSSR count). The molecule has 0 aliphatic rings. The molecule has 0 aliphatic heterocycles. The second-order valence-corrected chi connectivity index (χ2v) is 7.13. The molecule has 5 heteroatoms. The van der Waals surface area contributed by atoms with E-state index >= 15 is 0 Å². The molecule has 0 saturated heterocycles. The number of pyridine rings is 1. The Hall–Kier alpha value is -1.62. The van der Waals surface area contributed by atoms with Gasteiger partial charge in [0.2, 0.25) is 5.88 Å². The maximum absolute atomic E-state index is 5.70. The zero-order valence-corrected chi connectivity index (χ0v) is 14.1. The van der Waals surface area contributed by atoms with Gasteiger partial charge in [-0.25, -0.2) is 9.97 Å². The van der Waals surface area contributed by atoms with Gasteiger partial charge in [0.15, 0.2) is 0 Å². The molecular weight excluding hydrogens is 282 g/mol. The SMILES string of the molecule is CC(C)Oc1ncccc1NCc1csc(C(C)(C)C)n1. The van der Waals surface area contributed by atoms with Crippen molar-refractivity contribution in [2.45, 2.75) is 52.7 Å². The summed E-state index contributed by atoms with van der Waals surface area (Å²) in [6, 6.07) is 3.87. The minimum atomic E-state index is 0.100. The highest BCUT2D eigenvalue weighted by atomic mass is 32.1. The van der Waals surface area contributed by atoms with Gasteiger partial charge >= 0.3 is 0 Å². The summed E-state index contributed by atoms with van der Waals surface area (Å²) in [5.74, 6) is 0.638. The Kier molecular flexibility index (Phi) is 4.83. The summed E-state index contributed by atoms with van der Waals surface area (Å²) in [4.78, 5) is 8.96. The van der Waals surface area contributed by atoms with Gasteiger partial charge in [0, 0.05) is 17.0 Å². The summed E-state index contributed by atoms with van der Waals surface area (Å²) in [6.45, 7) is 11.2. The summed E-state index contributed by atoms with van der Waals surface area (Å²) in [5.41, 5.74) is 2.05. The Bertz CT molecular complexity index is 587. The van der Waals surface area contributed by atoms with Gasteiger partial charge in [-0.1, -0.05) is 20.8 Å². The highest BCUT2D eigenvalue weighted by molar-refractivity contribution is 7.09. The van der Waals surface area contributed by atoms with Crippen LogP contribution >= 0.6 is 11.3 Å². The number of thiazole rings is 1. The normalized spacial score (nSPS) is 11.7. The molecule has 21 heavy (non-hydrogen) atoms. The standard InChI is InChI=1S/C16H23N3OS/c1-11(2)20-14-13(7-6-8-17-14)18-9-12-10-21-15(19-12)16(3,4)5/h6-8,10-11,18H,9H2,1-5H3. The summed E-state index contributed by atoms with van der Waals surface area (Å²) < 4.78 is 5.70. The van der Waals surface area contributed by atoms with E-state index in [1.54, 1.807) is 17.5 Å². The van der Waals surface area contributed by atoms with Gasteiger partial charge in [-0.15, -0.1) is 11.3 Å². The molecule has 4 nitrogen and oxygen atoms in total. The van der Waals surface area contributed by atoms with Crippen LogP contribution < -0.4 is 10.1 Å². The van der Waals surface area contributed by atoms with Gasteiger partial charge in [0.1, 0.15) is 0 Å². The Morgan fingerprint density at radius 3 is 2.71 bits per heavy atom. The second-order valence-electron chi connectivity index (χ2n) is 6.27. The minimum absolute atomic E-state index is 0.100. The summed E-state index contributed by atoms with van der Waals surface area (Å²) >= 11 is 1.71. The van der Waals surface area contributed by atoms with E-state index in [1.807, 2.05) is 26.0 Å². The third kappa shape index (κ3) is 4.43. The highest BCUT2D eigenvalue weighted by Gasteiger charge is 2.18. The molecule has 0 aromatic carbocycles. The smallest absolute Gasteiger partial charge is 0.237 e. The monoisotopic (exact) mass is 305 g/mol. The van der Waals surface area contributed by atoms with E-state index in [4.69, 9.17) is 4.74 Å². The van der Waals surface area contributed by atoms with Gasteiger partial charge in [0.25, 0.3) is 0 Å². The van der Waals surface area contributed by atoms with Crippen molar-refractivity contribution in [1.82, 2.24) is 9.97 Å². The van der Waals surface area contributed by atoms with Crippen LogP contribution in [0, 0.1) is 0 Å². The molecular formula is C16H23N3OS. The molecule has 0 fully saturated rings. The van der Waals surface area contributed by atoms with Gasteiger partial charge in [0.05, 0.1) is 29.0 Å². The van der Waals surface area contributed by atoms with Crippen molar-refractivity contribution in [2.75, 3.05) is 5.32 Å². The number of aromatic nitrogens is 2. The molecule has 2 aromatic rings. The Labute approximate surface area is 130 Å². The van der Waals surface area contributed by atoms with E-state index in [-0.39, 0.29) is 11.5 Å². The first-order valence-electron chi connectivity index (χ1n) is 7.16. The first kappa shape index (κ1) is 15.8. The largest absolute Gasteiger partial charge is 0.473 e. The van der Waals surface area contributed by atoms with Crippen LogP contribution in [-0.4, -0.2) is 16.1 Å². The van der Waals surface area contributed by atoms with Crippen molar-refractivity contribution in [3.8, 4) is 5.88 Å². The van der Waals surface area contributed by atoms with Crippen molar-refractivity contribution < 1.29 is 4.74 Å². The predicted octanol–water partition coefficient (Wildman–Crippen LogP) is 4.23. The van der Waals surface area contributed by atoms with Crippen molar-refractivity contribution in [1.29, 1.82) is 0 Å². The molecule has 0 spiro atoms. The van der Waals surface area contributed by atoms with Crippen LogP contribution in [-0.2, 0) is 12.0 Å². The van der Waals surface area contributed by atoms with Gasteiger partial charge in [-0.05, 0) is 26.0 Å². The van der Waals surface area contributed by atoms with Crippen LogP contribution in [0.25, 0.3) is 0 Å². The maximum Gasteiger partial charge on any atom is 0.237 e. The van der Waals surface area contributed by atoms with Crippen LogP contribution in [0.4, 0.5) is 5.69 Å². The lowest BCUT2D eigenvalue weighted by Gasteiger charge is -2.14. The molecule has 2 heterocycles. The summed E-state index contributed by atoms with van der Waals surface area (Å²) in [5, 5.41) is 6.62. The molecule has 114 valence electrons. The Morgan fingerprint density at radius 2 is 2.10 bits per heavy atom. The Balaban J connectivity index is 2.05. The number of ether oxygens (including phenoxy) is 1. The lowest BCUT2D eigenvalue weighted by molar-refractivity contribution is 0.234. The average Bonchev–Trinajstić information content (AvgIpc) is 2.86. The van der Waals surface area contributed by atoms with Crippen molar-refractivity contribution in [3.05, 3.63) is 34.4 Å². The molecule has 0 aliphatic carbocycles. The fourth-order valence-electron chi connectivity index (χ4n) is 1.76. The molecule has 1 N–H and O–H groups in total. The van der Waals surface area contributed by atoms with E-state index in [2.05, 4.69) is 41.4 Å². The molecule has 0 amide bonds. The first-order valence-corrected chi connectivity index (χ1v) is 8.04. The van der Waals surface area contributed by atoms with Gasteiger partial charge in [-0.2, -0.15) is 0 Å². The minimum Gasteiger partial charge on any atom is -0.473 e.